The zero-order valence-corrected chi connectivity index (χ0v) is 12.7. The molecule has 1 fully saturated rings. The molecule has 1 aromatic rings. The lowest BCUT2D eigenvalue weighted by Gasteiger charge is -2.30. The first kappa shape index (κ1) is 16.4. The van der Waals surface area contributed by atoms with Crippen molar-refractivity contribution >= 4 is 11.5 Å². The molecular weight excluding hydrogens is 250 g/mol. The summed E-state index contributed by atoms with van der Waals surface area (Å²) in [5.41, 5.74) is 3.33. The van der Waals surface area contributed by atoms with E-state index in [2.05, 4.69) is 11.5 Å². The lowest BCUT2D eigenvalue weighted by atomic mass is 10.0. The first-order chi connectivity index (χ1) is 9.40. The number of hydrogen-bond donors (Lipinski definition) is 1. The number of benzene rings is 1. The second-order valence-corrected chi connectivity index (χ2v) is 5.43. The summed E-state index contributed by atoms with van der Waals surface area (Å²) in [4.78, 5) is 13.5. The van der Waals surface area contributed by atoms with E-state index in [1.807, 2.05) is 24.3 Å². The van der Waals surface area contributed by atoms with Crippen molar-refractivity contribution in [2.24, 2.45) is 0 Å². The molecule has 0 saturated carbocycles. The maximum absolute atomic E-state index is 11.2. The normalized spacial score (nSPS) is 14.8. The van der Waals surface area contributed by atoms with Crippen molar-refractivity contribution in [3.05, 3.63) is 42.0 Å². The molecule has 1 aliphatic heterocycles. The van der Waals surface area contributed by atoms with Crippen molar-refractivity contribution in [2.75, 3.05) is 18.0 Å². The first-order valence-electron chi connectivity index (χ1n) is 7.11. The average Bonchev–Trinajstić information content (AvgIpc) is 2.39. The van der Waals surface area contributed by atoms with E-state index in [0.29, 0.717) is 0 Å². The van der Waals surface area contributed by atoms with Gasteiger partial charge in [0.2, 0.25) is 0 Å². The molecule has 0 amide bonds. The predicted molar refractivity (Wildman–Crippen MR) is 84.4 cm³/mol. The number of piperidine rings is 1. The molecule has 1 saturated heterocycles. The molecule has 1 N–H and O–H groups in total. The maximum Gasteiger partial charge on any atom is 0.159 e. The number of rotatable bonds is 2. The summed E-state index contributed by atoms with van der Waals surface area (Å²) in [5, 5.41) is 8.06. The van der Waals surface area contributed by atoms with Crippen LogP contribution in [-0.2, 0) is 0 Å². The van der Waals surface area contributed by atoms with Gasteiger partial charge in [0.15, 0.2) is 5.78 Å². The van der Waals surface area contributed by atoms with Crippen LogP contribution >= 0.6 is 0 Å². The fourth-order valence-corrected chi connectivity index (χ4v) is 1.99. The van der Waals surface area contributed by atoms with Crippen LogP contribution < -0.4 is 4.90 Å². The van der Waals surface area contributed by atoms with E-state index in [1.165, 1.54) is 11.3 Å². The smallest absolute Gasteiger partial charge is 0.159 e. The van der Waals surface area contributed by atoms with Gasteiger partial charge in [-0.3, -0.25) is 4.79 Å². The van der Waals surface area contributed by atoms with Crippen molar-refractivity contribution in [3.8, 4) is 0 Å². The molecule has 0 aliphatic carbocycles. The van der Waals surface area contributed by atoms with Gasteiger partial charge in [0.1, 0.15) is 0 Å². The topological polar surface area (TPSA) is 40.5 Å². The highest BCUT2D eigenvalue weighted by Crippen LogP contribution is 2.22. The Morgan fingerprint density at radius 2 is 1.65 bits per heavy atom. The van der Waals surface area contributed by atoms with Crippen LogP contribution in [-0.4, -0.2) is 30.1 Å². The largest absolute Gasteiger partial charge is 0.394 e. The van der Waals surface area contributed by atoms with Crippen LogP contribution in [0.3, 0.4) is 0 Å². The second kappa shape index (κ2) is 7.85. The van der Waals surface area contributed by atoms with Gasteiger partial charge in [0.05, 0.1) is 0 Å². The van der Waals surface area contributed by atoms with E-state index in [-0.39, 0.29) is 11.9 Å². The third-order valence-corrected chi connectivity index (χ3v) is 3.11. The molecule has 1 aromatic carbocycles. The monoisotopic (exact) mass is 275 g/mol. The summed E-state index contributed by atoms with van der Waals surface area (Å²) in [5.74, 6) is 0.124. The number of aliphatic hydroxyl groups excluding tert-OH is 1. The Kier molecular flexibility index (Phi) is 6.46. The third-order valence-electron chi connectivity index (χ3n) is 3.11. The number of aliphatic hydroxyl groups is 1. The van der Waals surface area contributed by atoms with Crippen LogP contribution in [0.4, 0.5) is 5.69 Å². The third kappa shape index (κ3) is 5.57. The molecule has 1 aliphatic rings. The lowest BCUT2D eigenvalue weighted by Crippen LogP contribution is -2.30. The standard InChI is InChI=1S/C14H17NO.C3H8O/c1-11-7-9-15(10-8-11)14-5-3-13(4-6-14)12(2)16;1-3(2)4/h3-6H,1,7-10H2,2H3;3-4H,1-2H3. The van der Waals surface area contributed by atoms with Crippen LogP contribution in [0.25, 0.3) is 0 Å². The van der Waals surface area contributed by atoms with Gasteiger partial charge in [-0.25, -0.2) is 0 Å². The van der Waals surface area contributed by atoms with Crippen molar-refractivity contribution in [2.45, 2.75) is 39.7 Å². The Bertz CT molecular complexity index is 436. The molecule has 1 heterocycles. The summed E-state index contributed by atoms with van der Waals surface area (Å²) in [6.45, 7) is 11.1. The molecule has 0 atom stereocenters. The summed E-state index contributed by atoms with van der Waals surface area (Å²) in [7, 11) is 0. The fourth-order valence-electron chi connectivity index (χ4n) is 1.99. The highest BCUT2D eigenvalue weighted by molar-refractivity contribution is 5.94. The van der Waals surface area contributed by atoms with Gasteiger partial charge in [0.25, 0.3) is 0 Å². The molecule has 0 unspecified atom stereocenters. The Labute approximate surface area is 121 Å². The van der Waals surface area contributed by atoms with Crippen molar-refractivity contribution in [1.82, 2.24) is 0 Å². The number of anilines is 1. The zero-order chi connectivity index (χ0) is 15.1. The SMILES string of the molecule is C=C1CCN(c2ccc(C(C)=O)cc2)CC1.CC(C)O. The van der Waals surface area contributed by atoms with Gasteiger partial charge < -0.3 is 10.0 Å². The lowest BCUT2D eigenvalue weighted by molar-refractivity contribution is 0.101. The summed E-state index contributed by atoms with van der Waals surface area (Å²) < 4.78 is 0. The molecule has 0 radical (unpaired) electrons. The van der Waals surface area contributed by atoms with Crippen molar-refractivity contribution in [1.29, 1.82) is 0 Å². The molecule has 20 heavy (non-hydrogen) atoms. The first-order valence-corrected chi connectivity index (χ1v) is 7.11. The summed E-state index contributed by atoms with van der Waals surface area (Å²) >= 11 is 0. The van der Waals surface area contributed by atoms with Crippen LogP contribution in [0.15, 0.2) is 36.4 Å². The molecule has 3 nitrogen and oxygen atoms in total. The van der Waals surface area contributed by atoms with E-state index >= 15 is 0 Å². The molecule has 110 valence electrons. The highest BCUT2D eigenvalue weighted by atomic mass is 16.3. The number of carbonyl (C=O) groups excluding carboxylic acids is 1. The number of Topliss-reactive ketones (excluding diaryl/α,β-unsaturated/α-hetero) is 1. The van der Waals surface area contributed by atoms with E-state index < -0.39 is 0 Å². The van der Waals surface area contributed by atoms with Crippen molar-refractivity contribution in [3.63, 3.8) is 0 Å². The fraction of sp³-hybridized carbons (Fsp3) is 0.471. The van der Waals surface area contributed by atoms with Crippen LogP contribution in [0.5, 0.6) is 0 Å². The number of carbonyl (C=O) groups is 1. The minimum Gasteiger partial charge on any atom is -0.394 e. The second-order valence-electron chi connectivity index (χ2n) is 5.43. The summed E-state index contributed by atoms with van der Waals surface area (Å²) in [6.07, 6.45) is 1.99. The van der Waals surface area contributed by atoms with E-state index in [1.54, 1.807) is 20.8 Å². The van der Waals surface area contributed by atoms with Crippen LogP contribution in [0.1, 0.15) is 44.0 Å². The van der Waals surface area contributed by atoms with Crippen LogP contribution in [0.2, 0.25) is 0 Å². The minimum atomic E-state index is -0.167. The van der Waals surface area contributed by atoms with E-state index in [9.17, 15) is 4.79 Å². The van der Waals surface area contributed by atoms with Gasteiger partial charge >= 0.3 is 0 Å². The number of nitrogens with zero attached hydrogens (tertiary/aromatic N) is 1. The molecule has 0 aromatic heterocycles. The average molecular weight is 275 g/mol. The van der Waals surface area contributed by atoms with Crippen molar-refractivity contribution < 1.29 is 9.90 Å². The number of hydrogen-bond acceptors (Lipinski definition) is 3. The Hall–Kier alpha value is -1.61. The van der Waals surface area contributed by atoms with E-state index in [0.717, 1.165) is 31.5 Å². The zero-order valence-electron chi connectivity index (χ0n) is 12.7. The van der Waals surface area contributed by atoms with E-state index in [4.69, 9.17) is 5.11 Å². The van der Waals surface area contributed by atoms with Crippen LogP contribution in [0, 0.1) is 0 Å². The number of ketones is 1. The Morgan fingerprint density at radius 3 is 2.05 bits per heavy atom. The van der Waals surface area contributed by atoms with Gasteiger partial charge in [-0.05, 0) is 57.9 Å². The van der Waals surface area contributed by atoms with Gasteiger partial charge in [-0.1, -0.05) is 12.2 Å². The quantitative estimate of drug-likeness (QED) is 0.664. The minimum absolute atomic E-state index is 0.124. The Balaban J connectivity index is 0.000000444. The molecular formula is C17H25NO2. The predicted octanol–water partition coefficient (Wildman–Crippen LogP) is 3.43. The van der Waals surface area contributed by atoms with Gasteiger partial charge in [0, 0.05) is 30.4 Å². The Morgan fingerprint density at radius 1 is 1.20 bits per heavy atom. The molecule has 3 heteroatoms. The maximum atomic E-state index is 11.2. The highest BCUT2D eigenvalue weighted by Gasteiger charge is 2.12. The molecule has 2 rings (SSSR count). The van der Waals surface area contributed by atoms with Gasteiger partial charge in [-0.15, -0.1) is 0 Å². The summed E-state index contributed by atoms with van der Waals surface area (Å²) in [6, 6.07) is 7.87. The van der Waals surface area contributed by atoms with Gasteiger partial charge in [-0.2, -0.15) is 0 Å². The molecule has 0 bridgehead atoms. The molecule has 0 spiro atoms.